The average Bonchev–Trinajstić information content (AvgIpc) is 2.24. The Morgan fingerprint density at radius 3 is 2.21 bits per heavy atom. The Labute approximate surface area is 114 Å². The van der Waals surface area contributed by atoms with Crippen LogP contribution in [-0.4, -0.2) is 24.5 Å². The summed E-state index contributed by atoms with van der Waals surface area (Å²) in [6.45, 7) is 9.08. The zero-order valence-electron chi connectivity index (χ0n) is 12.4. The first kappa shape index (κ1) is 15.2. The molecule has 0 heterocycles. The van der Waals surface area contributed by atoms with E-state index in [0.29, 0.717) is 5.69 Å². The summed E-state index contributed by atoms with van der Waals surface area (Å²) in [5.41, 5.74) is 2.09. The van der Waals surface area contributed by atoms with E-state index in [1.54, 1.807) is 27.8 Å². The SMILES string of the molecule is Cc1ccc(N(C)C(=O)C(=O)OC(C)(C)C)c(C)c1. The molecule has 1 aromatic rings. The van der Waals surface area contributed by atoms with Crippen molar-refractivity contribution in [2.45, 2.75) is 40.2 Å². The molecular weight excluding hydrogens is 242 g/mol. The Bertz CT molecular complexity index is 501. The topological polar surface area (TPSA) is 46.6 Å². The first-order valence-corrected chi connectivity index (χ1v) is 6.20. The van der Waals surface area contributed by atoms with Crippen molar-refractivity contribution in [1.29, 1.82) is 0 Å². The van der Waals surface area contributed by atoms with Gasteiger partial charge in [-0.25, -0.2) is 4.79 Å². The number of rotatable bonds is 1. The number of nitrogens with zero attached hydrogens (tertiary/aromatic N) is 1. The van der Waals surface area contributed by atoms with Gasteiger partial charge in [-0.15, -0.1) is 0 Å². The zero-order valence-corrected chi connectivity index (χ0v) is 12.4. The fourth-order valence-electron chi connectivity index (χ4n) is 1.75. The van der Waals surface area contributed by atoms with Crippen LogP contribution >= 0.6 is 0 Å². The van der Waals surface area contributed by atoms with Crippen molar-refractivity contribution < 1.29 is 14.3 Å². The molecule has 0 bridgehead atoms. The lowest BCUT2D eigenvalue weighted by Gasteiger charge is -2.23. The molecule has 1 amide bonds. The Hall–Kier alpha value is -1.84. The summed E-state index contributed by atoms with van der Waals surface area (Å²) >= 11 is 0. The van der Waals surface area contributed by atoms with Gasteiger partial charge in [-0.1, -0.05) is 17.7 Å². The van der Waals surface area contributed by atoms with Crippen molar-refractivity contribution in [2.24, 2.45) is 0 Å². The van der Waals surface area contributed by atoms with Crippen LogP contribution in [0.5, 0.6) is 0 Å². The molecule has 0 fully saturated rings. The van der Waals surface area contributed by atoms with Crippen molar-refractivity contribution in [3.05, 3.63) is 29.3 Å². The van der Waals surface area contributed by atoms with Crippen LogP contribution in [0.25, 0.3) is 0 Å². The van der Waals surface area contributed by atoms with Gasteiger partial charge in [-0.05, 0) is 46.2 Å². The summed E-state index contributed by atoms with van der Waals surface area (Å²) in [4.78, 5) is 25.1. The molecule has 0 saturated carbocycles. The summed E-state index contributed by atoms with van der Waals surface area (Å²) in [7, 11) is 1.57. The molecule has 0 N–H and O–H groups in total. The van der Waals surface area contributed by atoms with Crippen LogP contribution in [0.4, 0.5) is 5.69 Å². The lowest BCUT2D eigenvalue weighted by Crippen LogP contribution is -2.38. The van der Waals surface area contributed by atoms with E-state index in [0.717, 1.165) is 11.1 Å². The molecule has 104 valence electrons. The van der Waals surface area contributed by atoms with Gasteiger partial charge >= 0.3 is 11.9 Å². The Morgan fingerprint density at radius 2 is 1.74 bits per heavy atom. The predicted octanol–water partition coefficient (Wildman–Crippen LogP) is 2.61. The van der Waals surface area contributed by atoms with E-state index < -0.39 is 17.5 Å². The van der Waals surface area contributed by atoms with Gasteiger partial charge in [0.05, 0.1) is 0 Å². The third kappa shape index (κ3) is 4.09. The highest BCUT2D eigenvalue weighted by atomic mass is 16.6. The number of amides is 1. The molecule has 0 unspecified atom stereocenters. The van der Waals surface area contributed by atoms with Crippen LogP contribution < -0.4 is 4.90 Å². The number of carbonyl (C=O) groups excluding carboxylic acids is 2. The Balaban J connectivity index is 2.91. The summed E-state index contributed by atoms with van der Waals surface area (Å²) in [6, 6.07) is 5.70. The second-order valence-electron chi connectivity index (χ2n) is 5.66. The maximum Gasteiger partial charge on any atom is 0.397 e. The minimum atomic E-state index is -0.838. The normalized spacial score (nSPS) is 11.1. The second-order valence-corrected chi connectivity index (χ2v) is 5.66. The number of carbonyl (C=O) groups is 2. The number of hydrogen-bond acceptors (Lipinski definition) is 3. The van der Waals surface area contributed by atoms with Gasteiger partial charge in [0, 0.05) is 12.7 Å². The monoisotopic (exact) mass is 263 g/mol. The van der Waals surface area contributed by atoms with Gasteiger partial charge in [-0.3, -0.25) is 4.79 Å². The first-order chi connectivity index (χ1) is 8.61. The van der Waals surface area contributed by atoms with Crippen molar-refractivity contribution in [3.63, 3.8) is 0 Å². The van der Waals surface area contributed by atoms with E-state index in [1.165, 1.54) is 4.90 Å². The van der Waals surface area contributed by atoms with Crippen LogP contribution in [0.3, 0.4) is 0 Å². The first-order valence-electron chi connectivity index (χ1n) is 6.20. The van der Waals surface area contributed by atoms with Crippen molar-refractivity contribution in [2.75, 3.05) is 11.9 Å². The molecule has 4 heteroatoms. The van der Waals surface area contributed by atoms with E-state index >= 15 is 0 Å². The maximum atomic E-state index is 12.0. The van der Waals surface area contributed by atoms with Gasteiger partial charge in [0.25, 0.3) is 0 Å². The van der Waals surface area contributed by atoms with Crippen LogP contribution in [0, 0.1) is 13.8 Å². The third-order valence-corrected chi connectivity index (χ3v) is 2.59. The smallest absolute Gasteiger partial charge is 0.397 e. The molecule has 1 aromatic carbocycles. The standard InChI is InChI=1S/C15H21NO3/c1-10-7-8-12(11(2)9-10)16(6)13(17)14(18)19-15(3,4)5/h7-9H,1-6H3. The van der Waals surface area contributed by atoms with E-state index in [9.17, 15) is 9.59 Å². The summed E-state index contributed by atoms with van der Waals surface area (Å²) in [6.07, 6.45) is 0. The van der Waals surface area contributed by atoms with E-state index in [-0.39, 0.29) is 0 Å². The van der Waals surface area contributed by atoms with Gasteiger partial charge < -0.3 is 9.64 Å². The van der Waals surface area contributed by atoms with Gasteiger partial charge in [0.15, 0.2) is 0 Å². The van der Waals surface area contributed by atoms with Crippen molar-refractivity contribution in [1.82, 2.24) is 0 Å². The third-order valence-electron chi connectivity index (χ3n) is 2.59. The van der Waals surface area contributed by atoms with Gasteiger partial charge in [0.2, 0.25) is 0 Å². The number of anilines is 1. The molecule has 0 aliphatic carbocycles. The minimum Gasteiger partial charge on any atom is -0.453 e. The molecule has 0 aromatic heterocycles. The summed E-state index contributed by atoms with van der Waals surface area (Å²) < 4.78 is 5.08. The minimum absolute atomic E-state index is 0.665. The van der Waals surface area contributed by atoms with Gasteiger partial charge in [0.1, 0.15) is 5.60 Å². The molecule has 0 spiro atoms. The number of likely N-dealkylation sites (N-methyl/N-ethyl adjacent to an activating group) is 1. The van der Waals surface area contributed by atoms with Crippen molar-refractivity contribution in [3.8, 4) is 0 Å². The highest BCUT2D eigenvalue weighted by Crippen LogP contribution is 2.20. The maximum absolute atomic E-state index is 12.0. The number of ether oxygens (including phenoxy) is 1. The molecular formula is C15H21NO3. The number of hydrogen-bond donors (Lipinski definition) is 0. The molecule has 0 saturated heterocycles. The largest absolute Gasteiger partial charge is 0.453 e. The van der Waals surface area contributed by atoms with E-state index in [2.05, 4.69) is 0 Å². The highest BCUT2D eigenvalue weighted by molar-refractivity contribution is 6.38. The summed E-state index contributed by atoms with van der Waals surface area (Å²) in [5, 5.41) is 0. The quantitative estimate of drug-likeness (QED) is 0.578. The number of aryl methyl sites for hydroxylation is 2. The van der Waals surface area contributed by atoms with Gasteiger partial charge in [-0.2, -0.15) is 0 Å². The van der Waals surface area contributed by atoms with Crippen LogP contribution in [0.1, 0.15) is 31.9 Å². The molecule has 0 aliphatic rings. The molecule has 0 atom stereocenters. The fraction of sp³-hybridized carbons (Fsp3) is 0.467. The number of benzene rings is 1. The molecule has 0 aliphatic heterocycles. The lowest BCUT2D eigenvalue weighted by molar-refractivity contribution is -0.162. The Morgan fingerprint density at radius 1 is 1.16 bits per heavy atom. The molecule has 19 heavy (non-hydrogen) atoms. The predicted molar refractivity (Wildman–Crippen MR) is 75.2 cm³/mol. The second kappa shape index (κ2) is 5.43. The molecule has 1 rings (SSSR count). The number of esters is 1. The van der Waals surface area contributed by atoms with Crippen LogP contribution in [-0.2, 0) is 14.3 Å². The zero-order chi connectivity index (χ0) is 14.8. The Kier molecular flexibility index (Phi) is 4.35. The lowest BCUT2D eigenvalue weighted by atomic mass is 10.1. The van der Waals surface area contributed by atoms with Crippen LogP contribution in [0.15, 0.2) is 18.2 Å². The highest BCUT2D eigenvalue weighted by Gasteiger charge is 2.27. The van der Waals surface area contributed by atoms with E-state index in [4.69, 9.17) is 4.74 Å². The van der Waals surface area contributed by atoms with E-state index in [1.807, 2.05) is 32.0 Å². The van der Waals surface area contributed by atoms with Crippen molar-refractivity contribution >= 4 is 17.6 Å². The molecule has 0 radical (unpaired) electrons. The summed E-state index contributed by atoms with van der Waals surface area (Å²) in [5.74, 6) is -1.50. The fourth-order valence-corrected chi connectivity index (χ4v) is 1.75. The van der Waals surface area contributed by atoms with Crippen LogP contribution in [0.2, 0.25) is 0 Å². The average molecular weight is 263 g/mol. The molecule has 4 nitrogen and oxygen atoms in total.